The van der Waals surface area contributed by atoms with Gasteiger partial charge in [0, 0.05) is 32.1 Å². The monoisotopic (exact) mass is 445 g/mol. The minimum atomic E-state index is -3.74. The number of H-pyrrole nitrogens is 1. The Bertz CT molecular complexity index is 1210. The van der Waals surface area contributed by atoms with E-state index in [9.17, 15) is 18.0 Å². The second-order valence-electron chi connectivity index (χ2n) is 7.51. The maximum absolute atomic E-state index is 12.8. The minimum Gasteiger partial charge on any atom is -0.376 e. The zero-order chi connectivity index (χ0) is 22.0. The second-order valence-corrected chi connectivity index (χ2v) is 9.07. The summed E-state index contributed by atoms with van der Waals surface area (Å²) in [5.74, 6) is -0.348. The average molecular weight is 446 g/mol. The smallest absolute Gasteiger partial charge is 0.275 e. The average Bonchev–Trinajstić information content (AvgIpc) is 3.37. The van der Waals surface area contributed by atoms with Gasteiger partial charge in [0.2, 0.25) is 10.0 Å². The van der Waals surface area contributed by atoms with Crippen molar-refractivity contribution in [2.75, 3.05) is 13.2 Å². The van der Waals surface area contributed by atoms with E-state index in [-0.39, 0.29) is 22.5 Å². The SMILES string of the molecule is NS(=O)(=O)c1ccc(CCNC(=O)c2cn(C[C@@H]3CCCO3)cc3c(=O)[nH]nc2-3)cc1. The molecular formula is C20H23N5O5S. The second kappa shape index (κ2) is 8.61. The number of nitrogens with two attached hydrogens (primary N) is 1. The summed E-state index contributed by atoms with van der Waals surface area (Å²) in [6, 6.07) is 6.17. The lowest BCUT2D eigenvalue weighted by Crippen LogP contribution is -2.28. The van der Waals surface area contributed by atoms with Gasteiger partial charge in [-0.15, -0.1) is 0 Å². The van der Waals surface area contributed by atoms with E-state index in [2.05, 4.69) is 15.5 Å². The number of sulfonamides is 1. The van der Waals surface area contributed by atoms with Crippen LogP contribution in [-0.2, 0) is 27.7 Å². The zero-order valence-electron chi connectivity index (χ0n) is 16.7. The molecule has 0 saturated carbocycles. The van der Waals surface area contributed by atoms with Crippen molar-refractivity contribution in [3.8, 4) is 11.3 Å². The fourth-order valence-electron chi connectivity index (χ4n) is 3.65. The summed E-state index contributed by atoms with van der Waals surface area (Å²) < 4.78 is 30.1. The lowest BCUT2D eigenvalue weighted by atomic mass is 10.1. The molecule has 10 nitrogen and oxygen atoms in total. The fourth-order valence-corrected chi connectivity index (χ4v) is 4.16. The molecule has 3 aliphatic rings. The number of aromatic nitrogens is 3. The number of pyridine rings is 1. The summed E-state index contributed by atoms with van der Waals surface area (Å²) in [6.45, 7) is 1.60. The molecule has 4 rings (SSSR count). The Hall–Kier alpha value is -3.02. The third-order valence-corrected chi connectivity index (χ3v) is 6.18. The van der Waals surface area contributed by atoms with Crippen molar-refractivity contribution in [3.63, 3.8) is 0 Å². The van der Waals surface area contributed by atoms with Gasteiger partial charge < -0.3 is 14.6 Å². The molecule has 31 heavy (non-hydrogen) atoms. The van der Waals surface area contributed by atoms with E-state index >= 15 is 0 Å². The number of nitrogens with one attached hydrogen (secondary N) is 2. The maximum Gasteiger partial charge on any atom is 0.275 e. The number of hydrogen-bond donors (Lipinski definition) is 3. The van der Waals surface area contributed by atoms with E-state index in [4.69, 9.17) is 9.88 Å². The Morgan fingerprint density at radius 1 is 1.29 bits per heavy atom. The molecule has 3 aliphatic heterocycles. The van der Waals surface area contributed by atoms with Crippen molar-refractivity contribution in [3.05, 3.63) is 58.1 Å². The van der Waals surface area contributed by atoms with Crippen LogP contribution in [0.1, 0.15) is 28.8 Å². The van der Waals surface area contributed by atoms with Crippen LogP contribution in [0.3, 0.4) is 0 Å². The molecule has 0 unspecified atom stereocenters. The third kappa shape index (κ3) is 4.84. The Labute approximate surface area is 178 Å². The molecule has 11 heteroatoms. The van der Waals surface area contributed by atoms with Crippen molar-refractivity contribution in [1.82, 2.24) is 20.1 Å². The maximum atomic E-state index is 12.8. The van der Waals surface area contributed by atoms with E-state index < -0.39 is 10.0 Å². The predicted octanol–water partition coefficient (Wildman–Crippen LogP) is 0.475. The van der Waals surface area contributed by atoms with Crippen LogP contribution in [0.5, 0.6) is 0 Å². The van der Waals surface area contributed by atoms with Gasteiger partial charge in [0.25, 0.3) is 11.5 Å². The molecule has 0 spiro atoms. The number of carbonyl (C=O) groups excluding carboxylic acids is 1. The molecule has 1 atom stereocenters. The van der Waals surface area contributed by atoms with Crippen LogP contribution in [-0.4, -0.2) is 48.3 Å². The van der Waals surface area contributed by atoms with Crippen molar-refractivity contribution in [1.29, 1.82) is 0 Å². The summed E-state index contributed by atoms with van der Waals surface area (Å²) >= 11 is 0. The summed E-state index contributed by atoms with van der Waals surface area (Å²) in [7, 11) is -3.74. The number of rotatable bonds is 7. The minimum absolute atomic E-state index is 0.0368. The lowest BCUT2D eigenvalue weighted by Gasteiger charge is -2.16. The van der Waals surface area contributed by atoms with Gasteiger partial charge >= 0.3 is 0 Å². The van der Waals surface area contributed by atoms with Crippen LogP contribution in [0.4, 0.5) is 0 Å². The number of ether oxygens (including phenoxy) is 1. The third-order valence-electron chi connectivity index (χ3n) is 5.25. The quantitative estimate of drug-likeness (QED) is 0.481. The first-order valence-electron chi connectivity index (χ1n) is 9.91. The van der Waals surface area contributed by atoms with Crippen molar-refractivity contribution < 1.29 is 17.9 Å². The van der Waals surface area contributed by atoms with Gasteiger partial charge in [-0.1, -0.05) is 12.1 Å². The highest BCUT2D eigenvalue weighted by Crippen LogP contribution is 2.22. The molecule has 0 bridgehead atoms. The molecule has 0 aromatic heterocycles. The number of fused-ring (bicyclic) bond motifs is 1. The number of carbonyl (C=O) groups is 1. The normalized spacial score (nSPS) is 16.6. The van der Waals surface area contributed by atoms with Crippen LogP contribution in [0.2, 0.25) is 0 Å². The van der Waals surface area contributed by atoms with E-state index in [1.807, 2.05) is 0 Å². The number of amides is 1. The van der Waals surface area contributed by atoms with Crippen LogP contribution in [0.25, 0.3) is 11.3 Å². The molecule has 1 aromatic rings. The molecule has 4 N–H and O–H groups in total. The molecule has 1 aromatic carbocycles. The van der Waals surface area contributed by atoms with Crippen LogP contribution in [0.15, 0.2) is 46.3 Å². The molecule has 1 saturated heterocycles. The van der Waals surface area contributed by atoms with Gasteiger partial charge in [0.05, 0.1) is 22.1 Å². The van der Waals surface area contributed by atoms with Crippen molar-refractivity contribution >= 4 is 15.9 Å². The number of nitrogens with zero attached hydrogens (tertiary/aromatic N) is 2. The highest BCUT2D eigenvalue weighted by Gasteiger charge is 2.23. The van der Waals surface area contributed by atoms with Crippen molar-refractivity contribution in [2.45, 2.75) is 36.8 Å². The van der Waals surface area contributed by atoms with Gasteiger partial charge in [0.15, 0.2) is 0 Å². The lowest BCUT2D eigenvalue weighted by molar-refractivity contribution is 0.0937. The van der Waals surface area contributed by atoms with E-state index in [0.29, 0.717) is 36.3 Å². The van der Waals surface area contributed by atoms with E-state index in [1.54, 1.807) is 29.1 Å². The Morgan fingerprint density at radius 2 is 2.06 bits per heavy atom. The van der Waals surface area contributed by atoms with Gasteiger partial charge in [0.1, 0.15) is 5.69 Å². The first kappa shape index (κ1) is 21.2. The standard InChI is InChI=1S/C20H23N5O5S/c21-31(28,29)15-5-3-13(4-6-15)7-8-22-19(26)16-11-25(10-14-2-1-9-30-14)12-17-18(16)23-24-20(17)27/h3-6,11-12,14H,1-2,7-10H2,(H,22,26)(H,24,27)(H2,21,28,29)/t14-/m0/s1. The van der Waals surface area contributed by atoms with E-state index in [0.717, 1.165) is 25.0 Å². The van der Waals surface area contributed by atoms with Gasteiger partial charge in [-0.2, -0.15) is 5.10 Å². The molecule has 164 valence electrons. The van der Waals surface area contributed by atoms with Crippen LogP contribution < -0.4 is 16.0 Å². The Balaban J connectivity index is 1.46. The van der Waals surface area contributed by atoms with Crippen LogP contribution >= 0.6 is 0 Å². The Morgan fingerprint density at radius 3 is 2.74 bits per heavy atom. The molecule has 1 fully saturated rings. The summed E-state index contributed by atoms with van der Waals surface area (Å²) in [6.07, 6.45) is 5.85. The van der Waals surface area contributed by atoms with Crippen molar-refractivity contribution in [2.24, 2.45) is 5.14 Å². The van der Waals surface area contributed by atoms with Gasteiger partial charge in [-0.05, 0) is 37.0 Å². The largest absolute Gasteiger partial charge is 0.376 e. The fraction of sp³-hybridized carbons (Fsp3) is 0.350. The number of benzene rings is 1. The van der Waals surface area contributed by atoms with Gasteiger partial charge in [-0.25, -0.2) is 18.7 Å². The first-order chi connectivity index (χ1) is 14.8. The summed E-state index contributed by atoms with van der Waals surface area (Å²) in [5.41, 5.74) is 1.48. The molecular weight excluding hydrogens is 422 g/mol. The first-order valence-corrected chi connectivity index (χ1v) is 11.5. The highest BCUT2D eigenvalue weighted by molar-refractivity contribution is 7.89. The van der Waals surface area contributed by atoms with E-state index in [1.165, 1.54) is 12.1 Å². The highest BCUT2D eigenvalue weighted by atomic mass is 32.2. The number of hydrogen-bond acceptors (Lipinski definition) is 6. The topological polar surface area (TPSA) is 149 Å². The summed E-state index contributed by atoms with van der Waals surface area (Å²) in [5, 5.41) is 14.3. The van der Waals surface area contributed by atoms with Gasteiger partial charge in [-0.3, -0.25) is 9.59 Å². The van der Waals surface area contributed by atoms with Crippen LogP contribution in [0, 0.1) is 0 Å². The molecule has 3 heterocycles. The molecule has 0 radical (unpaired) electrons. The zero-order valence-corrected chi connectivity index (χ0v) is 17.5. The summed E-state index contributed by atoms with van der Waals surface area (Å²) in [4.78, 5) is 25.0. The predicted molar refractivity (Wildman–Crippen MR) is 112 cm³/mol. The molecule has 1 amide bonds. The number of aromatic amines is 1. The number of primary sulfonamides is 1. The Kier molecular flexibility index (Phi) is 5.90. The molecule has 0 aliphatic carbocycles.